The van der Waals surface area contributed by atoms with Gasteiger partial charge in [-0.1, -0.05) is 18.2 Å². The van der Waals surface area contributed by atoms with E-state index in [-0.39, 0.29) is 18.3 Å². The number of amides is 1. The van der Waals surface area contributed by atoms with Crippen molar-refractivity contribution in [3.8, 4) is 0 Å². The molecule has 1 aliphatic rings. The second-order valence-electron chi connectivity index (χ2n) is 5.60. The lowest BCUT2D eigenvalue weighted by molar-refractivity contribution is 0.0532. The third kappa shape index (κ3) is 4.58. The first-order valence-electron chi connectivity index (χ1n) is 7.63. The molecule has 1 saturated heterocycles. The SMILES string of the molecule is Cl.O=C(c1ccccc1Br)N1CCN(CC(O)c2cccs2)CC1. The monoisotopic (exact) mass is 430 g/mol. The maximum Gasteiger partial charge on any atom is 0.255 e. The molecular formula is C17H20BrClN2O2S. The van der Waals surface area contributed by atoms with Crippen molar-refractivity contribution < 1.29 is 9.90 Å². The van der Waals surface area contributed by atoms with Gasteiger partial charge in [-0.3, -0.25) is 9.69 Å². The van der Waals surface area contributed by atoms with Gasteiger partial charge in [-0.05, 0) is 39.5 Å². The second-order valence-corrected chi connectivity index (χ2v) is 7.44. The summed E-state index contributed by atoms with van der Waals surface area (Å²) in [5, 5.41) is 12.2. The summed E-state index contributed by atoms with van der Waals surface area (Å²) in [6.07, 6.45) is -0.444. The number of aliphatic hydroxyl groups excluding tert-OH is 1. The molecule has 1 N–H and O–H groups in total. The summed E-state index contributed by atoms with van der Waals surface area (Å²) >= 11 is 5.02. The highest BCUT2D eigenvalue weighted by Gasteiger charge is 2.24. The molecule has 1 aliphatic heterocycles. The Bertz CT molecular complexity index is 660. The van der Waals surface area contributed by atoms with E-state index >= 15 is 0 Å². The predicted molar refractivity (Wildman–Crippen MR) is 103 cm³/mol. The van der Waals surface area contributed by atoms with Crippen molar-refractivity contribution in [1.29, 1.82) is 0 Å². The largest absolute Gasteiger partial charge is 0.386 e. The third-order valence-electron chi connectivity index (χ3n) is 4.07. The zero-order chi connectivity index (χ0) is 16.2. The van der Waals surface area contributed by atoms with Gasteiger partial charge in [0.05, 0.1) is 5.56 Å². The molecule has 2 aromatic rings. The Balaban J connectivity index is 0.00000208. The number of benzene rings is 1. The van der Waals surface area contributed by atoms with Crippen LogP contribution in [0.15, 0.2) is 46.3 Å². The van der Waals surface area contributed by atoms with E-state index in [1.54, 1.807) is 11.3 Å². The molecule has 24 heavy (non-hydrogen) atoms. The molecular weight excluding hydrogens is 412 g/mol. The van der Waals surface area contributed by atoms with E-state index in [1.807, 2.05) is 46.7 Å². The quantitative estimate of drug-likeness (QED) is 0.806. The van der Waals surface area contributed by atoms with E-state index in [4.69, 9.17) is 0 Å². The van der Waals surface area contributed by atoms with Crippen molar-refractivity contribution in [3.05, 3.63) is 56.7 Å². The Morgan fingerprint density at radius 3 is 2.50 bits per heavy atom. The van der Waals surface area contributed by atoms with Crippen LogP contribution in [0, 0.1) is 0 Å². The Kier molecular flexibility index (Phi) is 7.25. The van der Waals surface area contributed by atoms with Crippen LogP contribution < -0.4 is 0 Å². The molecule has 0 saturated carbocycles. The van der Waals surface area contributed by atoms with Crippen LogP contribution in [0.1, 0.15) is 21.3 Å². The van der Waals surface area contributed by atoms with Gasteiger partial charge in [-0.15, -0.1) is 23.7 Å². The molecule has 1 aromatic carbocycles. The van der Waals surface area contributed by atoms with Crippen LogP contribution in [-0.2, 0) is 0 Å². The Morgan fingerprint density at radius 1 is 1.17 bits per heavy atom. The van der Waals surface area contributed by atoms with Crippen LogP contribution in [0.5, 0.6) is 0 Å². The molecule has 0 bridgehead atoms. The van der Waals surface area contributed by atoms with Gasteiger partial charge in [0.25, 0.3) is 5.91 Å². The van der Waals surface area contributed by atoms with Crippen LogP contribution in [0.2, 0.25) is 0 Å². The van der Waals surface area contributed by atoms with Crippen LogP contribution in [0.4, 0.5) is 0 Å². The number of hydrogen-bond donors (Lipinski definition) is 1. The van der Waals surface area contributed by atoms with Gasteiger partial charge in [-0.2, -0.15) is 0 Å². The fourth-order valence-corrected chi connectivity index (χ4v) is 3.91. The number of aliphatic hydroxyl groups is 1. The fourth-order valence-electron chi connectivity index (χ4n) is 2.75. The van der Waals surface area contributed by atoms with Crippen molar-refractivity contribution in [2.75, 3.05) is 32.7 Å². The zero-order valence-corrected chi connectivity index (χ0v) is 16.3. The molecule has 7 heteroatoms. The molecule has 1 atom stereocenters. The summed E-state index contributed by atoms with van der Waals surface area (Å²) in [4.78, 5) is 17.7. The van der Waals surface area contributed by atoms with Crippen molar-refractivity contribution in [3.63, 3.8) is 0 Å². The summed E-state index contributed by atoms with van der Waals surface area (Å²) in [5.74, 6) is 0.0657. The lowest BCUT2D eigenvalue weighted by Crippen LogP contribution is -2.49. The number of thiophene rings is 1. The summed E-state index contributed by atoms with van der Waals surface area (Å²) < 4.78 is 0.834. The first-order valence-corrected chi connectivity index (χ1v) is 9.30. The van der Waals surface area contributed by atoms with Crippen LogP contribution in [-0.4, -0.2) is 53.5 Å². The van der Waals surface area contributed by atoms with E-state index in [0.717, 1.165) is 22.4 Å². The first-order chi connectivity index (χ1) is 11.1. The molecule has 4 nitrogen and oxygen atoms in total. The lowest BCUT2D eigenvalue weighted by atomic mass is 10.1. The van der Waals surface area contributed by atoms with E-state index in [9.17, 15) is 9.90 Å². The van der Waals surface area contributed by atoms with Crippen LogP contribution >= 0.6 is 39.7 Å². The van der Waals surface area contributed by atoms with E-state index in [0.29, 0.717) is 25.2 Å². The molecule has 3 rings (SSSR count). The van der Waals surface area contributed by atoms with Crippen molar-refractivity contribution in [2.24, 2.45) is 0 Å². The molecule has 130 valence electrons. The molecule has 1 unspecified atom stereocenters. The van der Waals surface area contributed by atoms with Gasteiger partial charge in [0.1, 0.15) is 6.10 Å². The number of carbonyl (C=O) groups excluding carboxylic acids is 1. The Labute approximate surface area is 160 Å². The number of β-amino-alcohol motifs (C(OH)–C–C–N with tert-alkyl or cyclic N) is 1. The standard InChI is InChI=1S/C17H19BrN2O2S.ClH/c18-14-5-2-1-4-13(14)17(22)20-9-7-19(8-10-20)12-15(21)16-6-3-11-23-16;/h1-6,11,15,21H,7-10,12H2;1H. The molecule has 0 spiro atoms. The molecule has 0 radical (unpaired) electrons. The number of hydrogen-bond acceptors (Lipinski definition) is 4. The zero-order valence-electron chi connectivity index (χ0n) is 13.1. The van der Waals surface area contributed by atoms with Crippen molar-refractivity contribution in [2.45, 2.75) is 6.10 Å². The van der Waals surface area contributed by atoms with E-state index < -0.39 is 6.10 Å². The van der Waals surface area contributed by atoms with E-state index in [1.165, 1.54) is 0 Å². The molecule has 2 heterocycles. The molecule has 1 fully saturated rings. The minimum absolute atomic E-state index is 0. The first kappa shape index (κ1) is 19.4. The van der Waals surface area contributed by atoms with Gasteiger partial charge >= 0.3 is 0 Å². The molecule has 0 aliphatic carbocycles. The average molecular weight is 432 g/mol. The van der Waals surface area contributed by atoms with Gasteiger partial charge in [0.2, 0.25) is 0 Å². The number of carbonyl (C=O) groups is 1. The van der Waals surface area contributed by atoms with Crippen molar-refractivity contribution >= 4 is 45.6 Å². The minimum Gasteiger partial charge on any atom is -0.386 e. The van der Waals surface area contributed by atoms with E-state index in [2.05, 4.69) is 20.8 Å². The number of halogens is 2. The van der Waals surface area contributed by atoms with Crippen LogP contribution in [0.25, 0.3) is 0 Å². The highest BCUT2D eigenvalue weighted by Crippen LogP contribution is 2.21. The number of rotatable bonds is 4. The summed E-state index contributed by atoms with van der Waals surface area (Å²) in [6.45, 7) is 3.59. The van der Waals surface area contributed by atoms with Gasteiger partial charge in [0, 0.05) is 42.1 Å². The third-order valence-corrected chi connectivity index (χ3v) is 5.73. The van der Waals surface area contributed by atoms with Gasteiger partial charge in [0.15, 0.2) is 0 Å². The molecule has 1 amide bonds. The summed E-state index contributed by atoms with van der Waals surface area (Å²) in [6, 6.07) is 11.4. The number of nitrogens with zero attached hydrogens (tertiary/aromatic N) is 2. The molecule has 1 aromatic heterocycles. The maximum absolute atomic E-state index is 12.6. The van der Waals surface area contributed by atoms with Crippen LogP contribution in [0.3, 0.4) is 0 Å². The Hall–Kier alpha value is -0.920. The topological polar surface area (TPSA) is 43.8 Å². The average Bonchev–Trinajstić information content (AvgIpc) is 3.10. The number of piperazine rings is 1. The fraction of sp³-hybridized carbons (Fsp3) is 0.353. The Morgan fingerprint density at radius 2 is 1.88 bits per heavy atom. The van der Waals surface area contributed by atoms with Gasteiger partial charge < -0.3 is 10.0 Å². The maximum atomic E-state index is 12.6. The lowest BCUT2D eigenvalue weighted by Gasteiger charge is -2.35. The predicted octanol–water partition coefficient (Wildman–Crippen LogP) is 3.42. The highest BCUT2D eigenvalue weighted by molar-refractivity contribution is 9.10. The summed E-state index contributed by atoms with van der Waals surface area (Å²) in [5.41, 5.74) is 0.708. The minimum atomic E-state index is -0.444. The van der Waals surface area contributed by atoms with Gasteiger partial charge in [-0.25, -0.2) is 0 Å². The smallest absolute Gasteiger partial charge is 0.255 e. The highest BCUT2D eigenvalue weighted by atomic mass is 79.9. The summed E-state index contributed by atoms with van der Waals surface area (Å²) in [7, 11) is 0. The second kappa shape index (κ2) is 8.97. The normalized spacial score (nSPS) is 16.5. The van der Waals surface area contributed by atoms with Crippen molar-refractivity contribution in [1.82, 2.24) is 9.80 Å².